The molecule has 144 valence electrons. The van der Waals surface area contributed by atoms with Gasteiger partial charge in [-0.25, -0.2) is 4.79 Å². The van der Waals surface area contributed by atoms with Gasteiger partial charge in [0.15, 0.2) is 6.79 Å². The number of rotatable bonds is 8. The molecule has 1 aliphatic heterocycles. The van der Waals surface area contributed by atoms with Gasteiger partial charge in [-0.3, -0.25) is 4.79 Å². The lowest BCUT2D eigenvalue weighted by Gasteiger charge is -2.23. The van der Waals surface area contributed by atoms with E-state index >= 15 is 0 Å². The van der Waals surface area contributed by atoms with Gasteiger partial charge < -0.3 is 19.5 Å². The lowest BCUT2D eigenvalue weighted by atomic mass is 10.1. The molecule has 0 aliphatic carbocycles. The molecule has 1 fully saturated rings. The Morgan fingerprint density at radius 2 is 1.96 bits per heavy atom. The van der Waals surface area contributed by atoms with E-state index in [-0.39, 0.29) is 18.6 Å². The molecule has 0 radical (unpaired) electrons. The molecule has 0 unspecified atom stereocenters. The number of nitrogens with zero attached hydrogens (tertiary/aromatic N) is 1. The number of likely N-dealkylation sites (tertiary alicyclic amines) is 1. The Kier molecular flexibility index (Phi) is 6.83. The quantitative estimate of drug-likeness (QED) is 0.426. The summed E-state index contributed by atoms with van der Waals surface area (Å²) in [6.45, 7) is 9.95. The standard InChI is InChI=1S/C19H29NO5Si/c1-14-11-16(19(22)23)20(12-14)18(21)15-7-5-6-8-17(15)25-13-24-9-10-26(2,3)4/h5-8,14,16H,9-13H2,1-4H3,(H,22,23)/t14-,16+/m1/s1. The maximum Gasteiger partial charge on any atom is 0.326 e. The van der Waals surface area contributed by atoms with E-state index in [1.165, 1.54) is 4.90 Å². The summed E-state index contributed by atoms with van der Waals surface area (Å²) >= 11 is 0. The fourth-order valence-electron chi connectivity index (χ4n) is 2.97. The number of hydrogen-bond donors (Lipinski definition) is 1. The second-order valence-electron chi connectivity index (χ2n) is 8.13. The van der Waals surface area contributed by atoms with E-state index in [0.29, 0.717) is 30.9 Å². The predicted molar refractivity (Wildman–Crippen MR) is 102 cm³/mol. The molecular weight excluding hydrogens is 350 g/mol. The zero-order valence-electron chi connectivity index (χ0n) is 16.0. The number of carbonyl (C=O) groups excluding carboxylic acids is 1. The van der Waals surface area contributed by atoms with E-state index in [9.17, 15) is 14.7 Å². The van der Waals surface area contributed by atoms with Crippen LogP contribution in [0.25, 0.3) is 0 Å². The first kappa shape index (κ1) is 20.4. The van der Waals surface area contributed by atoms with Crippen molar-refractivity contribution in [3.05, 3.63) is 29.8 Å². The molecule has 0 aromatic heterocycles. The minimum atomic E-state index is -1.16. The van der Waals surface area contributed by atoms with Crippen molar-refractivity contribution in [2.24, 2.45) is 5.92 Å². The Labute approximate surface area is 156 Å². The second kappa shape index (κ2) is 8.68. The van der Waals surface area contributed by atoms with Gasteiger partial charge in [0, 0.05) is 21.2 Å². The minimum Gasteiger partial charge on any atom is -0.480 e. The summed E-state index contributed by atoms with van der Waals surface area (Å²) in [4.78, 5) is 25.8. The molecule has 1 N–H and O–H groups in total. The van der Waals surface area contributed by atoms with Crippen LogP contribution in [0.15, 0.2) is 24.3 Å². The van der Waals surface area contributed by atoms with Crippen molar-refractivity contribution in [1.82, 2.24) is 4.90 Å². The minimum absolute atomic E-state index is 0.0769. The third kappa shape index (κ3) is 5.57. The number of amides is 1. The molecule has 6 nitrogen and oxygen atoms in total. The highest BCUT2D eigenvalue weighted by atomic mass is 28.3. The Bertz CT molecular complexity index is 643. The van der Waals surface area contributed by atoms with Gasteiger partial charge in [-0.05, 0) is 30.5 Å². The Balaban J connectivity index is 2.01. The van der Waals surface area contributed by atoms with Gasteiger partial charge in [0.05, 0.1) is 5.56 Å². The Morgan fingerprint density at radius 3 is 2.62 bits per heavy atom. The highest BCUT2D eigenvalue weighted by Gasteiger charge is 2.38. The van der Waals surface area contributed by atoms with Crippen molar-refractivity contribution in [2.45, 2.75) is 45.1 Å². The average molecular weight is 380 g/mol. The van der Waals surface area contributed by atoms with Crippen LogP contribution in [0.3, 0.4) is 0 Å². The maximum atomic E-state index is 12.9. The first-order valence-corrected chi connectivity index (χ1v) is 12.7. The summed E-state index contributed by atoms with van der Waals surface area (Å²) in [6.07, 6.45) is 0.476. The van der Waals surface area contributed by atoms with Crippen LogP contribution in [0.1, 0.15) is 23.7 Å². The van der Waals surface area contributed by atoms with Crippen LogP contribution in [0, 0.1) is 5.92 Å². The average Bonchev–Trinajstić information content (AvgIpc) is 2.95. The summed E-state index contributed by atoms with van der Waals surface area (Å²) in [6, 6.07) is 7.18. The van der Waals surface area contributed by atoms with Crippen LogP contribution in [0.5, 0.6) is 5.75 Å². The normalized spacial score (nSPS) is 20.2. The third-order valence-electron chi connectivity index (χ3n) is 4.47. The number of para-hydroxylation sites is 1. The first-order valence-electron chi connectivity index (χ1n) is 9.02. The molecule has 1 aromatic carbocycles. The first-order chi connectivity index (χ1) is 12.2. The molecular formula is C19H29NO5Si. The fourth-order valence-corrected chi connectivity index (χ4v) is 3.73. The molecule has 2 atom stereocenters. The van der Waals surface area contributed by atoms with Gasteiger partial charge in [-0.2, -0.15) is 0 Å². The number of benzene rings is 1. The van der Waals surface area contributed by atoms with Gasteiger partial charge in [0.1, 0.15) is 11.8 Å². The molecule has 26 heavy (non-hydrogen) atoms. The third-order valence-corrected chi connectivity index (χ3v) is 6.17. The topological polar surface area (TPSA) is 76.1 Å². The highest BCUT2D eigenvalue weighted by molar-refractivity contribution is 6.76. The van der Waals surface area contributed by atoms with Crippen LogP contribution in [0.4, 0.5) is 0 Å². The van der Waals surface area contributed by atoms with E-state index in [0.717, 1.165) is 6.04 Å². The van der Waals surface area contributed by atoms with Crippen LogP contribution in [-0.4, -0.2) is 55.9 Å². The summed E-state index contributed by atoms with van der Waals surface area (Å²) in [5.74, 6) is -0.678. The van der Waals surface area contributed by atoms with Gasteiger partial charge in [-0.15, -0.1) is 0 Å². The number of hydrogen-bond acceptors (Lipinski definition) is 4. The molecule has 0 saturated carbocycles. The van der Waals surface area contributed by atoms with E-state index in [2.05, 4.69) is 19.6 Å². The lowest BCUT2D eigenvalue weighted by Crippen LogP contribution is -2.40. The molecule has 2 rings (SSSR count). The second-order valence-corrected chi connectivity index (χ2v) is 13.8. The number of carboxylic acid groups (broad SMARTS) is 1. The van der Waals surface area contributed by atoms with E-state index < -0.39 is 20.1 Å². The highest BCUT2D eigenvalue weighted by Crippen LogP contribution is 2.28. The van der Waals surface area contributed by atoms with E-state index in [1.54, 1.807) is 24.3 Å². The number of aliphatic carboxylic acids is 1. The van der Waals surface area contributed by atoms with Crippen LogP contribution in [0.2, 0.25) is 25.7 Å². The number of carbonyl (C=O) groups is 2. The monoisotopic (exact) mass is 379 g/mol. The molecule has 1 aromatic rings. The zero-order valence-corrected chi connectivity index (χ0v) is 17.0. The molecule has 7 heteroatoms. The van der Waals surface area contributed by atoms with Gasteiger partial charge >= 0.3 is 5.97 Å². The van der Waals surface area contributed by atoms with Crippen molar-refractivity contribution in [2.75, 3.05) is 19.9 Å². The largest absolute Gasteiger partial charge is 0.480 e. The van der Waals surface area contributed by atoms with Crippen LogP contribution in [-0.2, 0) is 9.53 Å². The van der Waals surface area contributed by atoms with Crippen molar-refractivity contribution in [3.8, 4) is 5.75 Å². The Hall–Kier alpha value is -1.86. The number of carboxylic acids is 1. The van der Waals surface area contributed by atoms with Crippen molar-refractivity contribution in [3.63, 3.8) is 0 Å². The fraction of sp³-hybridized carbons (Fsp3) is 0.579. The lowest BCUT2D eigenvalue weighted by molar-refractivity contribution is -0.141. The molecule has 1 heterocycles. The SMILES string of the molecule is C[C@@H]1C[C@@H](C(=O)O)N(C(=O)c2ccccc2OCOCC[Si](C)(C)C)C1. The molecule has 1 aliphatic rings. The van der Waals surface area contributed by atoms with Crippen molar-refractivity contribution in [1.29, 1.82) is 0 Å². The summed E-state index contributed by atoms with van der Waals surface area (Å²) < 4.78 is 11.2. The summed E-state index contributed by atoms with van der Waals surface area (Å²) in [5, 5.41) is 9.39. The molecule has 0 spiro atoms. The van der Waals surface area contributed by atoms with Crippen LogP contribution >= 0.6 is 0 Å². The van der Waals surface area contributed by atoms with Crippen molar-refractivity contribution < 1.29 is 24.2 Å². The predicted octanol–water partition coefficient (Wildman–Crippen LogP) is 3.31. The van der Waals surface area contributed by atoms with Gasteiger partial charge in [-0.1, -0.05) is 38.7 Å². The van der Waals surface area contributed by atoms with E-state index in [1.807, 2.05) is 6.92 Å². The summed E-state index contributed by atoms with van der Waals surface area (Å²) in [5.41, 5.74) is 0.377. The maximum absolute atomic E-state index is 12.9. The molecule has 1 saturated heterocycles. The van der Waals surface area contributed by atoms with E-state index in [4.69, 9.17) is 9.47 Å². The van der Waals surface area contributed by atoms with Gasteiger partial charge in [0.25, 0.3) is 5.91 Å². The van der Waals surface area contributed by atoms with Crippen LogP contribution < -0.4 is 4.74 Å². The molecule has 1 amide bonds. The summed E-state index contributed by atoms with van der Waals surface area (Å²) in [7, 11) is -1.16. The zero-order chi connectivity index (χ0) is 19.3. The van der Waals surface area contributed by atoms with Crippen molar-refractivity contribution >= 4 is 20.0 Å². The Morgan fingerprint density at radius 1 is 1.27 bits per heavy atom. The smallest absolute Gasteiger partial charge is 0.326 e. The van der Waals surface area contributed by atoms with Gasteiger partial charge in [0.2, 0.25) is 0 Å². The molecule has 0 bridgehead atoms. The number of ether oxygens (including phenoxy) is 2.